The van der Waals surface area contributed by atoms with Crippen LogP contribution in [0.5, 0.6) is 0 Å². The number of hydrogen-bond acceptors (Lipinski definition) is 5. The summed E-state index contributed by atoms with van der Waals surface area (Å²) in [5, 5.41) is 11.9. The predicted molar refractivity (Wildman–Crippen MR) is 234 cm³/mol. The second-order valence-electron chi connectivity index (χ2n) is 14.7. The van der Waals surface area contributed by atoms with Crippen molar-refractivity contribution in [3.63, 3.8) is 0 Å². The van der Waals surface area contributed by atoms with Crippen LogP contribution in [0.2, 0.25) is 0 Å². The first-order valence-electron chi connectivity index (χ1n) is 22.3. The first-order valence-corrected chi connectivity index (χ1v) is 22.3. The number of carbonyl (C=O) groups is 3. The van der Waals surface area contributed by atoms with Gasteiger partial charge in [-0.2, -0.15) is 0 Å². The Bertz CT molecular complexity index is 1090. The van der Waals surface area contributed by atoms with Crippen molar-refractivity contribution in [2.45, 2.75) is 206 Å². The van der Waals surface area contributed by atoms with Gasteiger partial charge in [0.1, 0.15) is 12.1 Å². The quantitative estimate of drug-likeness (QED) is 0.0326. The van der Waals surface area contributed by atoms with Gasteiger partial charge in [0.05, 0.1) is 0 Å². The summed E-state index contributed by atoms with van der Waals surface area (Å²) in [5.74, 6) is -1.36. The Labute approximate surface area is 337 Å². The van der Waals surface area contributed by atoms with Gasteiger partial charge in [0.2, 0.25) is 5.91 Å². The lowest BCUT2D eigenvalue weighted by Gasteiger charge is -2.15. The number of rotatable bonds is 39. The number of allylic oxidation sites excluding steroid dienone is 11. The van der Waals surface area contributed by atoms with E-state index in [2.05, 4.69) is 86.0 Å². The minimum absolute atomic E-state index is 0.113. The van der Waals surface area contributed by atoms with Crippen LogP contribution in [0.15, 0.2) is 72.9 Å². The topological polar surface area (TPSA) is 119 Å². The molecule has 314 valence electrons. The van der Waals surface area contributed by atoms with Gasteiger partial charge in [0.25, 0.3) is 0 Å². The minimum Gasteiger partial charge on any atom is -0.480 e. The Morgan fingerprint density at radius 1 is 0.564 bits per heavy atom. The largest absolute Gasteiger partial charge is 0.480 e. The SMILES string of the molecule is CC/C=C\C/C=C\C/C=C\C/C=C\CCCCCCCCCCCCC(=O)OC(/C=C\C/C=C\CCCC)CCCCCCC(=O)NC(CCCN)C(=O)O. The molecule has 0 bridgehead atoms. The third kappa shape index (κ3) is 38.9. The van der Waals surface area contributed by atoms with Crippen LogP contribution >= 0.6 is 0 Å². The molecule has 7 heteroatoms. The molecule has 0 fully saturated rings. The number of nitrogens with two attached hydrogens (primary N) is 1. The molecule has 0 aliphatic rings. The number of nitrogens with one attached hydrogen (secondary N) is 1. The van der Waals surface area contributed by atoms with Crippen molar-refractivity contribution < 1.29 is 24.2 Å². The Kier molecular flexibility index (Phi) is 39.5. The van der Waals surface area contributed by atoms with E-state index in [-0.39, 0.29) is 18.0 Å². The number of unbranched alkanes of at least 4 members (excludes halogenated alkanes) is 15. The van der Waals surface area contributed by atoms with Gasteiger partial charge >= 0.3 is 11.9 Å². The first kappa shape index (κ1) is 51.8. The van der Waals surface area contributed by atoms with E-state index in [9.17, 15) is 19.5 Å². The minimum atomic E-state index is -1.02. The van der Waals surface area contributed by atoms with Gasteiger partial charge in [-0.05, 0) is 103 Å². The van der Waals surface area contributed by atoms with Crippen molar-refractivity contribution in [1.82, 2.24) is 5.32 Å². The predicted octanol–water partition coefficient (Wildman–Crippen LogP) is 12.7. The van der Waals surface area contributed by atoms with E-state index >= 15 is 0 Å². The van der Waals surface area contributed by atoms with Crippen LogP contribution in [0.3, 0.4) is 0 Å². The summed E-state index contributed by atoms with van der Waals surface area (Å²) < 4.78 is 5.90. The van der Waals surface area contributed by atoms with Gasteiger partial charge in [0, 0.05) is 12.8 Å². The molecule has 4 N–H and O–H groups in total. The first-order chi connectivity index (χ1) is 26.9. The molecule has 0 aromatic heterocycles. The highest BCUT2D eigenvalue weighted by Gasteiger charge is 2.19. The van der Waals surface area contributed by atoms with Gasteiger partial charge < -0.3 is 20.9 Å². The Morgan fingerprint density at radius 3 is 1.62 bits per heavy atom. The standard InChI is InChI=1S/C48H82N2O5/c1-3-5-7-9-11-12-13-14-15-16-17-18-19-20-21-22-23-24-25-26-28-30-36-42-47(52)55-44(38-33-29-27-10-8-6-4-2)39-34-31-32-35-41-46(51)50-45(48(53)54)40-37-43-49/h5,7,10-12,14-15,17-18,27,33,38,44-45H,3-4,6,8-9,13,16,19-26,28-32,34-37,39-43,49H2,1-2H3,(H,50,51)(H,53,54)/b7-5-,12-11-,15-14-,18-17-,27-10-,38-33-. The number of esters is 1. The maximum Gasteiger partial charge on any atom is 0.326 e. The molecule has 0 saturated heterocycles. The number of aliphatic carboxylic acids is 1. The summed E-state index contributed by atoms with van der Waals surface area (Å²) in [7, 11) is 0. The highest BCUT2D eigenvalue weighted by atomic mass is 16.5. The van der Waals surface area contributed by atoms with Gasteiger partial charge in [-0.3, -0.25) is 9.59 Å². The molecular formula is C48H82N2O5. The average molecular weight is 767 g/mol. The number of amides is 1. The molecule has 0 radical (unpaired) electrons. The summed E-state index contributed by atoms with van der Waals surface area (Å²) in [6.45, 7) is 4.76. The molecule has 0 aliphatic heterocycles. The molecule has 2 atom stereocenters. The lowest BCUT2D eigenvalue weighted by atomic mass is 10.0. The van der Waals surface area contributed by atoms with Crippen LogP contribution in [0.4, 0.5) is 0 Å². The second-order valence-corrected chi connectivity index (χ2v) is 14.7. The zero-order chi connectivity index (χ0) is 40.3. The zero-order valence-electron chi connectivity index (χ0n) is 35.2. The van der Waals surface area contributed by atoms with Gasteiger partial charge in [0.15, 0.2) is 0 Å². The third-order valence-electron chi connectivity index (χ3n) is 9.49. The molecule has 0 spiro atoms. The fourth-order valence-electron chi connectivity index (χ4n) is 6.14. The van der Waals surface area contributed by atoms with Gasteiger partial charge in [-0.25, -0.2) is 4.79 Å². The molecule has 0 aromatic carbocycles. The molecule has 55 heavy (non-hydrogen) atoms. The molecular weight excluding hydrogens is 685 g/mol. The number of carboxylic acid groups (broad SMARTS) is 1. The van der Waals surface area contributed by atoms with E-state index in [0.29, 0.717) is 38.6 Å². The number of carboxylic acids is 1. The fraction of sp³-hybridized carbons (Fsp3) is 0.688. The van der Waals surface area contributed by atoms with E-state index in [1.54, 1.807) is 0 Å². The lowest BCUT2D eigenvalue weighted by molar-refractivity contribution is -0.147. The maximum absolute atomic E-state index is 12.7. The number of ether oxygens (including phenoxy) is 1. The summed E-state index contributed by atoms with van der Waals surface area (Å²) in [5.41, 5.74) is 5.48. The van der Waals surface area contributed by atoms with E-state index in [1.807, 2.05) is 6.08 Å². The van der Waals surface area contributed by atoms with Crippen molar-refractivity contribution in [3.8, 4) is 0 Å². The van der Waals surface area contributed by atoms with E-state index in [1.165, 1.54) is 70.6 Å². The molecule has 7 nitrogen and oxygen atoms in total. The Morgan fingerprint density at radius 2 is 1.05 bits per heavy atom. The van der Waals surface area contributed by atoms with Crippen molar-refractivity contribution in [3.05, 3.63) is 72.9 Å². The van der Waals surface area contributed by atoms with Crippen molar-refractivity contribution in [2.75, 3.05) is 6.54 Å². The lowest BCUT2D eigenvalue weighted by Crippen LogP contribution is -2.40. The molecule has 1 amide bonds. The summed E-state index contributed by atoms with van der Waals surface area (Å²) in [4.78, 5) is 36.3. The summed E-state index contributed by atoms with van der Waals surface area (Å²) in [6.07, 6.45) is 54.1. The highest BCUT2D eigenvalue weighted by Crippen LogP contribution is 2.15. The molecule has 0 rings (SSSR count). The second kappa shape index (κ2) is 42.0. The van der Waals surface area contributed by atoms with E-state index in [0.717, 1.165) is 77.0 Å². The van der Waals surface area contributed by atoms with Crippen molar-refractivity contribution in [2.24, 2.45) is 5.73 Å². The molecule has 0 saturated carbocycles. The van der Waals surface area contributed by atoms with Crippen LogP contribution in [0.1, 0.15) is 194 Å². The van der Waals surface area contributed by atoms with Gasteiger partial charge in [-0.1, -0.05) is 158 Å². The van der Waals surface area contributed by atoms with E-state index in [4.69, 9.17) is 10.5 Å². The number of carbonyl (C=O) groups excluding carboxylic acids is 2. The van der Waals surface area contributed by atoms with Crippen LogP contribution in [0.25, 0.3) is 0 Å². The summed E-state index contributed by atoms with van der Waals surface area (Å²) >= 11 is 0. The normalized spacial score (nSPS) is 13.4. The highest BCUT2D eigenvalue weighted by molar-refractivity contribution is 5.83. The molecule has 0 heterocycles. The molecule has 0 aliphatic carbocycles. The van der Waals surface area contributed by atoms with Gasteiger partial charge in [-0.15, -0.1) is 0 Å². The van der Waals surface area contributed by atoms with E-state index < -0.39 is 12.0 Å². The monoisotopic (exact) mass is 767 g/mol. The molecule has 2 unspecified atom stereocenters. The van der Waals surface area contributed by atoms with Crippen LogP contribution in [-0.2, 0) is 19.1 Å². The summed E-state index contributed by atoms with van der Waals surface area (Å²) in [6, 6.07) is -0.877. The fourth-order valence-corrected chi connectivity index (χ4v) is 6.14. The molecule has 0 aromatic rings. The maximum atomic E-state index is 12.7. The van der Waals surface area contributed by atoms with Crippen molar-refractivity contribution >= 4 is 17.8 Å². The zero-order valence-corrected chi connectivity index (χ0v) is 35.2. The smallest absolute Gasteiger partial charge is 0.326 e. The number of hydrogen-bond donors (Lipinski definition) is 3. The van der Waals surface area contributed by atoms with Crippen LogP contribution < -0.4 is 11.1 Å². The average Bonchev–Trinajstić information content (AvgIpc) is 3.17. The van der Waals surface area contributed by atoms with Crippen LogP contribution in [0, 0.1) is 0 Å². The Balaban J connectivity index is 4.13. The third-order valence-corrected chi connectivity index (χ3v) is 9.49. The van der Waals surface area contributed by atoms with Crippen LogP contribution in [-0.4, -0.2) is 41.6 Å². The Hall–Kier alpha value is -3.19. The van der Waals surface area contributed by atoms with Crippen molar-refractivity contribution in [1.29, 1.82) is 0 Å².